The van der Waals surface area contributed by atoms with Crippen LogP contribution >= 0.6 is 0 Å². The van der Waals surface area contributed by atoms with E-state index in [-0.39, 0.29) is 23.5 Å². The lowest BCUT2D eigenvalue weighted by molar-refractivity contribution is -0.0132. The highest BCUT2D eigenvalue weighted by Crippen LogP contribution is 2.42. The SMILES string of the molecule is CCOc1ccc(C2=CCC(C3CCC(OCC4CCC(c5ccc(OCC)c(F)c5F)CC4)CC3)CC2)c(F)c1F. The molecule has 0 bridgehead atoms. The Morgan fingerprint density at radius 1 is 0.667 bits per heavy atom. The Balaban J connectivity index is 1.04. The van der Waals surface area contributed by atoms with Crippen LogP contribution in [0.25, 0.3) is 5.57 Å². The predicted molar refractivity (Wildman–Crippen MR) is 157 cm³/mol. The second-order valence-electron chi connectivity index (χ2n) is 12.2. The van der Waals surface area contributed by atoms with Crippen LogP contribution in [0.2, 0.25) is 0 Å². The fourth-order valence-electron chi connectivity index (χ4n) is 7.34. The van der Waals surface area contributed by atoms with Crippen molar-refractivity contribution in [3.63, 3.8) is 0 Å². The van der Waals surface area contributed by atoms with Crippen molar-refractivity contribution in [1.82, 2.24) is 0 Å². The minimum absolute atomic E-state index is 0.0174. The summed E-state index contributed by atoms with van der Waals surface area (Å²) in [7, 11) is 0. The van der Waals surface area contributed by atoms with Crippen LogP contribution < -0.4 is 9.47 Å². The molecule has 1 unspecified atom stereocenters. The maximum atomic E-state index is 14.7. The molecule has 42 heavy (non-hydrogen) atoms. The third-order valence-electron chi connectivity index (χ3n) is 9.76. The fraction of sp³-hybridized carbons (Fsp3) is 0.600. The molecule has 2 saturated carbocycles. The zero-order valence-electron chi connectivity index (χ0n) is 24.9. The molecule has 0 saturated heterocycles. The van der Waals surface area contributed by atoms with E-state index in [0.29, 0.717) is 42.1 Å². The molecule has 2 aromatic carbocycles. The van der Waals surface area contributed by atoms with Gasteiger partial charge in [0, 0.05) is 12.2 Å². The van der Waals surface area contributed by atoms with Crippen molar-refractivity contribution in [3.8, 4) is 11.5 Å². The van der Waals surface area contributed by atoms with Crippen molar-refractivity contribution in [2.24, 2.45) is 17.8 Å². The first-order chi connectivity index (χ1) is 20.4. The van der Waals surface area contributed by atoms with Crippen LogP contribution in [0.15, 0.2) is 30.3 Å². The maximum absolute atomic E-state index is 14.7. The molecule has 3 nitrogen and oxygen atoms in total. The number of hydrogen-bond donors (Lipinski definition) is 0. The molecule has 230 valence electrons. The van der Waals surface area contributed by atoms with Crippen molar-refractivity contribution < 1.29 is 31.8 Å². The smallest absolute Gasteiger partial charge is 0.201 e. The molecule has 0 heterocycles. The maximum Gasteiger partial charge on any atom is 0.201 e. The lowest BCUT2D eigenvalue weighted by Crippen LogP contribution is -2.29. The lowest BCUT2D eigenvalue weighted by atomic mass is 9.72. The summed E-state index contributed by atoms with van der Waals surface area (Å²) in [5.41, 5.74) is 1.72. The molecule has 2 fully saturated rings. The van der Waals surface area contributed by atoms with Gasteiger partial charge in [-0.3, -0.25) is 0 Å². The molecule has 0 radical (unpaired) electrons. The van der Waals surface area contributed by atoms with Crippen LogP contribution in [0.1, 0.15) is 102 Å². The molecular weight excluding hydrogens is 544 g/mol. The van der Waals surface area contributed by atoms with Crippen LogP contribution in [-0.2, 0) is 4.74 Å². The van der Waals surface area contributed by atoms with E-state index in [2.05, 4.69) is 6.08 Å². The van der Waals surface area contributed by atoms with E-state index in [9.17, 15) is 17.6 Å². The minimum Gasteiger partial charge on any atom is -0.491 e. The molecular formula is C35H44F4O3. The van der Waals surface area contributed by atoms with Crippen molar-refractivity contribution in [2.75, 3.05) is 19.8 Å². The van der Waals surface area contributed by atoms with Gasteiger partial charge in [0.05, 0.1) is 19.3 Å². The Morgan fingerprint density at radius 2 is 1.31 bits per heavy atom. The monoisotopic (exact) mass is 588 g/mol. The van der Waals surface area contributed by atoms with Crippen LogP contribution in [0.4, 0.5) is 17.6 Å². The van der Waals surface area contributed by atoms with Crippen molar-refractivity contribution in [1.29, 1.82) is 0 Å². The Bertz CT molecular complexity index is 1230. The lowest BCUT2D eigenvalue weighted by Gasteiger charge is -2.36. The normalized spacial score (nSPS) is 26.5. The average molecular weight is 589 g/mol. The largest absolute Gasteiger partial charge is 0.491 e. The summed E-state index contributed by atoms with van der Waals surface area (Å²) in [5, 5.41) is 0. The molecule has 0 aliphatic heterocycles. The fourth-order valence-corrected chi connectivity index (χ4v) is 7.34. The standard InChI is InChI=1S/C35H44F4O3/c1-3-40-30-19-17-28(32(36)34(30)38)25-7-5-22(6-8-25)21-42-27-15-13-24(14-16-27)23-9-11-26(12-10-23)29-18-20-31(41-4-2)35(39)33(29)37/h11,17-20,22-25,27H,3-10,12-16,21H2,1-2H3. The topological polar surface area (TPSA) is 27.7 Å². The Hall–Kier alpha value is -2.54. The molecule has 0 aromatic heterocycles. The highest BCUT2D eigenvalue weighted by molar-refractivity contribution is 5.67. The molecule has 7 heteroatoms. The van der Waals surface area contributed by atoms with Gasteiger partial charge in [-0.2, -0.15) is 8.78 Å². The van der Waals surface area contributed by atoms with Gasteiger partial charge < -0.3 is 14.2 Å². The van der Waals surface area contributed by atoms with Gasteiger partial charge in [0.1, 0.15) is 0 Å². The quantitative estimate of drug-likeness (QED) is 0.259. The molecule has 2 aromatic rings. The molecule has 3 aliphatic rings. The first kappa shape index (κ1) is 30.9. The van der Waals surface area contributed by atoms with E-state index in [1.54, 1.807) is 32.0 Å². The van der Waals surface area contributed by atoms with Gasteiger partial charge in [0.25, 0.3) is 0 Å². The highest BCUT2D eigenvalue weighted by atomic mass is 19.2. The summed E-state index contributed by atoms with van der Waals surface area (Å²) in [6.07, 6.45) is 13.1. The number of hydrogen-bond acceptors (Lipinski definition) is 3. The van der Waals surface area contributed by atoms with E-state index in [4.69, 9.17) is 14.2 Å². The highest BCUT2D eigenvalue weighted by Gasteiger charge is 2.31. The predicted octanol–water partition coefficient (Wildman–Crippen LogP) is 9.77. The van der Waals surface area contributed by atoms with Crippen LogP contribution in [0.5, 0.6) is 11.5 Å². The Morgan fingerprint density at radius 3 is 1.93 bits per heavy atom. The van der Waals surface area contributed by atoms with Crippen molar-refractivity contribution in [3.05, 3.63) is 64.7 Å². The van der Waals surface area contributed by atoms with Gasteiger partial charge >= 0.3 is 0 Å². The third kappa shape index (κ3) is 6.98. The average Bonchev–Trinajstić information content (AvgIpc) is 3.02. The zero-order valence-corrected chi connectivity index (χ0v) is 24.9. The minimum atomic E-state index is -0.902. The molecule has 0 amide bonds. The summed E-state index contributed by atoms with van der Waals surface area (Å²) in [6.45, 7) is 4.84. The summed E-state index contributed by atoms with van der Waals surface area (Å²) < 4.78 is 74.8. The molecule has 5 rings (SSSR count). The van der Waals surface area contributed by atoms with Gasteiger partial charge in [0.2, 0.25) is 11.6 Å². The molecule has 3 aliphatic carbocycles. The number of allylic oxidation sites excluding steroid dienone is 2. The molecule has 1 atom stereocenters. The van der Waals surface area contributed by atoms with E-state index in [1.807, 2.05) is 0 Å². The summed E-state index contributed by atoms with van der Waals surface area (Å²) in [6, 6.07) is 6.40. The van der Waals surface area contributed by atoms with Crippen LogP contribution in [0, 0.1) is 41.0 Å². The summed E-state index contributed by atoms with van der Waals surface area (Å²) in [5.74, 6) is -1.68. The number of benzene rings is 2. The summed E-state index contributed by atoms with van der Waals surface area (Å²) >= 11 is 0. The molecule has 0 spiro atoms. The van der Waals surface area contributed by atoms with Gasteiger partial charge in [0.15, 0.2) is 23.1 Å². The Labute approximate surface area is 247 Å². The van der Waals surface area contributed by atoms with Gasteiger partial charge in [-0.05, 0) is 137 Å². The van der Waals surface area contributed by atoms with Gasteiger partial charge in [-0.15, -0.1) is 0 Å². The van der Waals surface area contributed by atoms with E-state index in [0.717, 1.165) is 82.8 Å². The van der Waals surface area contributed by atoms with Crippen LogP contribution in [0.3, 0.4) is 0 Å². The number of ether oxygens (including phenoxy) is 3. The van der Waals surface area contributed by atoms with Gasteiger partial charge in [-0.25, -0.2) is 8.78 Å². The third-order valence-corrected chi connectivity index (χ3v) is 9.76. The van der Waals surface area contributed by atoms with Crippen molar-refractivity contribution in [2.45, 2.75) is 96.5 Å². The zero-order chi connectivity index (χ0) is 29.6. The Kier molecular flexibility index (Phi) is 10.5. The number of rotatable bonds is 10. The van der Waals surface area contributed by atoms with Gasteiger partial charge in [-0.1, -0.05) is 12.1 Å². The molecule has 0 N–H and O–H groups in total. The number of halogens is 4. The van der Waals surface area contributed by atoms with E-state index < -0.39 is 23.3 Å². The van der Waals surface area contributed by atoms with Crippen molar-refractivity contribution >= 4 is 5.57 Å². The van der Waals surface area contributed by atoms with E-state index >= 15 is 0 Å². The first-order valence-corrected chi connectivity index (χ1v) is 15.9. The summed E-state index contributed by atoms with van der Waals surface area (Å²) in [4.78, 5) is 0. The second-order valence-corrected chi connectivity index (χ2v) is 12.2. The first-order valence-electron chi connectivity index (χ1n) is 15.9. The van der Waals surface area contributed by atoms with Crippen LogP contribution in [-0.4, -0.2) is 25.9 Å². The van der Waals surface area contributed by atoms with E-state index in [1.165, 1.54) is 6.07 Å². The second kappa shape index (κ2) is 14.3.